The quantitative estimate of drug-likeness (QED) is 0.631. The van der Waals surface area contributed by atoms with Crippen molar-refractivity contribution in [1.82, 2.24) is 9.78 Å². The minimum absolute atomic E-state index is 0.216. The van der Waals surface area contributed by atoms with Gasteiger partial charge in [-0.1, -0.05) is 41.4 Å². The van der Waals surface area contributed by atoms with Gasteiger partial charge in [-0.2, -0.15) is 5.10 Å². The fourth-order valence-electron chi connectivity index (χ4n) is 2.93. The molecule has 8 heteroatoms. The lowest BCUT2D eigenvalue weighted by atomic mass is 10.2. The van der Waals surface area contributed by atoms with E-state index in [1.807, 2.05) is 19.0 Å². The zero-order chi connectivity index (χ0) is 20.4. The van der Waals surface area contributed by atoms with E-state index < -0.39 is 0 Å². The van der Waals surface area contributed by atoms with Crippen molar-refractivity contribution < 1.29 is 9.18 Å². The molecule has 0 bridgehead atoms. The first-order valence-electron chi connectivity index (χ1n) is 8.52. The van der Waals surface area contributed by atoms with E-state index in [0.29, 0.717) is 28.6 Å². The molecule has 0 aliphatic heterocycles. The molecule has 0 saturated heterocycles. The van der Waals surface area contributed by atoms with E-state index in [9.17, 15) is 9.18 Å². The van der Waals surface area contributed by atoms with Gasteiger partial charge in [-0.05, 0) is 36.8 Å². The Morgan fingerprint density at radius 1 is 1.18 bits per heavy atom. The molecule has 0 aliphatic rings. The number of nitrogens with one attached hydrogen (secondary N) is 1. The van der Waals surface area contributed by atoms with Crippen LogP contribution in [-0.4, -0.2) is 29.8 Å². The Balaban J connectivity index is 1.88. The Hall–Kier alpha value is -2.57. The Morgan fingerprint density at radius 2 is 1.86 bits per heavy atom. The molecule has 1 amide bonds. The number of rotatable bonds is 5. The number of aromatic nitrogens is 2. The Kier molecular flexibility index (Phi) is 5.91. The number of halogens is 3. The zero-order valence-corrected chi connectivity index (χ0v) is 17.1. The molecule has 0 aliphatic carbocycles. The highest BCUT2D eigenvalue weighted by atomic mass is 35.5. The number of benzene rings is 2. The second kappa shape index (κ2) is 8.20. The number of hydrogen-bond acceptors (Lipinski definition) is 3. The van der Waals surface area contributed by atoms with Gasteiger partial charge in [0.1, 0.15) is 11.0 Å². The molecule has 3 aromatic rings. The number of anilines is 2. The number of nitrogens with zero attached hydrogens (tertiary/aromatic N) is 3. The van der Waals surface area contributed by atoms with Gasteiger partial charge in [-0.25, -0.2) is 9.07 Å². The van der Waals surface area contributed by atoms with Crippen LogP contribution in [0, 0.1) is 12.7 Å². The number of aryl methyl sites for hydroxylation is 1. The second-order valence-electron chi connectivity index (χ2n) is 6.52. The van der Waals surface area contributed by atoms with Crippen LogP contribution < -0.4 is 10.2 Å². The minimum atomic E-state index is -0.377. The zero-order valence-electron chi connectivity index (χ0n) is 15.6. The van der Waals surface area contributed by atoms with E-state index in [2.05, 4.69) is 10.4 Å². The van der Waals surface area contributed by atoms with Crippen LogP contribution in [0.5, 0.6) is 0 Å². The first-order chi connectivity index (χ1) is 13.3. The summed E-state index contributed by atoms with van der Waals surface area (Å²) in [6.07, 6.45) is 0. The van der Waals surface area contributed by atoms with Crippen LogP contribution in [0.2, 0.25) is 10.2 Å². The van der Waals surface area contributed by atoms with Crippen LogP contribution in [0.3, 0.4) is 0 Å². The van der Waals surface area contributed by atoms with Crippen LogP contribution in [-0.2, 0) is 6.54 Å². The van der Waals surface area contributed by atoms with Crippen molar-refractivity contribution in [3.8, 4) is 0 Å². The van der Waals surface area contributed by atoms with E-state index in [0.717, 1.165) is 5.56 Å². The van der Waals surface area contributed by atoms with Crippen LogP contribution in [0.25, 0.3) is 0 Å². The van der Waals surface area contributed by atoms with Crippen molar-refractivity contribution in [1.29, 1.82) is 0 Å². The van der Waals surface area contributed by atoms with Crippen LogP contribution in [0.1, 0.15) is 21.6 Å². The lowest BCUT2D eigenvalue weighted by Crippen LogP contribution is -2.17. The molecule has 0 spiro atoms. The molecule has 146 valence electrons. The van der Waals surface area contributed by atoms with Crippen molar-refractivity contribution in [2.75, 3.05) is 24.3 Å². The molecule has 1 aromatic heterocycles. The molecule has 0 fully saturated rings. The monoisotopic (exact) mass is 420 g/mol. The van der Waals surface area contributed by atoms with Gasteiger partial charge in [0.15, 0.2) is 0 Å². The summed E-state index contributed by atoms with van der Waals surface area (Å²) in [5, 5.41) is 7.96. The van der Waals surface area contributed by atoms with E-state index in [4.69, 9.17) is 23.2 Å². The number of para-hydroxylation sites is 1. The largest absolute Gasteiger partial charge is 0.375 e. The highest BCUT2D eigenvalue weighted by molar-refractivity contribution is 6.35. The maximum absolute atomic E-state index is 13.1. The standard InChI is InChI=1S/C20H19Cl2FN4O/c1-12-17(19(22)27(25-12)11-13-7-9-14(23)10-8-13)20(28)24-16-6-4-5-15(21)18(16)26(2)3/h4-10H,11H2,1-3H3,(H,24,28). The number of amides is 1. The molecule has 0 unspecified atom stereocenters. The molecule has 1 N–H and O–H groups in total. The highest BCUT2D eigenvalue weighted by Crippen LogP contribution is 2.33. The van der Waals surface area contributed by atoms with E-state index in [1.54, 1.807) is 37.3 Å². The van der Waals surface area contributed by atoms with Gasteiger partial charge >= 0.3 is 0 Å². The third-order valence-electron chi connectivity index (χ3n) is 4.22. The van der Waals surface area contributed by atoms with Gasteiger partial charge in [0.2, 0.25) is 0 Å². The third-order valence-corrected chi connectivity index (χ3v) is 4.91. The van der Waals surface area contributed by atoms with Crippen LogP contribution in [0.15, 0.2) is 42.5 Å². The summed E-state index contributed by atoms with van der Waals surface area (Å²) >= 11 is 12.7. The summed E-state index contributed by atoms with van der Waals surface area (Å²) in [7, 11) is 3.69. The molecule has 0 radical (unpaired) electrons. The topological polar surface area (TPSA) is 50.2 Å². The minimum Gasteiger partial charge on any atom is -0.375 e. The summed E-state index contributed by atoms with van der Waals surface area (Å²) in [6.45, 7) is 2.04. The van der Waals surface area contributed by atoms with E-state index in [1.165, 1.54) is 16.8 Å². The predicted molar refractivity (Wildman–Crippen MR) is 111 cm³/mol. The highest BCUT2D eigenvalue weighted by Gasteiger charge is 2.22. The molecule has 28 heavy (non-hydrogen) atoms. The maximum atomic E-state index is 13.1. The molecule has 3 rings (SSSR count). The number of carbonyl (C=O) groups is 1. The number of hydrogen-bond donors (Lipinski definition) is 1. The van der Waals surface area contributed by atoms with Gasteiger partial charge in [-0.3, -0.25) is 4.79 Å². The Labute approximate surface area is 172 Å². The molecule has 5 nitrogen and oxygen atoms in total. The lowest BCUT2D eigenvalue weighted by Gasteiger charge is -2.19. The van der Waals surface area contributed by atoms with Gasteiger partial charge < -0.3 is 10.2 Å². The molecule has 2 aromatic carbocycles. The first-order valence-corrected chi connectivity index (χ1v) is 9.28. The van der Waals surface area contributed by atoms with Crippen molar-refractivity contribution in [3.05, 3.63) is 75.3 Å². The predicted octanol–water partition coefficient (Wildman–Crippen LogP) is 5.00. The lowest BCUT2D eigenvalue weighted by molar-refractivity contribution is 0.102. The SMILES string of the molecule is Cc1nn(Cc2ccc(F)cc2)c(Cl)c1C(=O)Nc1cccc(Cl)c1N(C)C. The van der Waals surface area contributed by atoms with E-state index in [-0.39, 0.29) is 22.4 Å². The molecule has 0 saturated carbocycles. The smallest absolute Gasteiger partial charge is 0.260 e. The summed E-state index contributed by atoms with van der Waals surface area (Å²) < 4.78 is 14.6. The average molecular weight is 421 g/mol. The van der Waals surface area contributed by atoms with Gasteiger partial charge in [-0.15, -0.1) is 0 Å². The molecular weight excluding hydrogens is 402 g/mol. The summed E-state index contributed by atoms with van der Waals surface area (Å²) in [6, 6.07) is 11.3. The molecular formula is C20H19Cl2FN4O. The van der Waals surface area contributed by atoms with Crippen LogP contribution >= 0.6 is 23.2 Å². The number of carbonyl (C=O) groups excluding carboxylic acids is 1. The van der Waals surface area contributed by atoms with Crippen molar-refractivity contribution >= 4 is 40.5 Å². The van der Waals surface area contributed by atoms with Gasteiger partial charge in [0.25, 0.3) is 5.91 Å². The summed E-state index contributed by atoms with van der Waals surface area (Å²) in [5.74, 6) is -0.692. The normalized spacial score (nSPS) is 10.8. The van der Waals surface area contributed by atoms with Crippen molar-refractivity contribution in [3.63, 3.8) is 0 Å². The maximum Gasteiger partial charge on any atom is 0.260 e. The first kappa shape index (κ1) is 20.2. The van der Waals surface area contributed by atoms with Crippen molar-refractivity contribution in [2.45, 2.75) is 13.5 Å². The second-order valence-corrected chi connectivity index (χ2v) is 7.29. The molecule has 0 atom stereocenters. The summed E-state index contributed by atoms with van der Waals surface area (Å²) in [4.78, 5) is 14.7. The average Bonchev–Trinajstić information content (AvgIpc) is 2.90. The van der Waals surface area contributed by atoms with Gasteiger partial charge in [0, 0.05) is 14.1 Å². The summed E-state index contributed by atoms with van der Waals surface area (Å²) in [5.41, 5.74) is 2.88. The van der Waals surface area contributed by atoms with Gasteiger partial charge in [0.05, 0.1) is 34.2 Å². The van der Waals surface area contributed by atoms with Crippen molar-refractivity contribution in [2.24, 2.45) is 0 Å². The van der Waals surface area contributed by atoms with E-state index >= 15 is 0 Å². The van der Waals surface area contributed by atoms with Crippen LogP contribution in [0.4, 0.5) is 15.8 Å². The Bertz CT molecular complexity index is 1020. The molecule has 1 heterocycles. The third kappa shape index (κ3) is 4.13. The fourth-order valence-corrected chi connectivity index (χ4v) is 3.60. The fraction of sp³-hybridized carbons (Fsp3) is 0.200. The Morgan fingerprint density at radius 3 is 2.50 bits per heavy atom.